The highest BCUT2D eigenvalue weighted by Gasteiger charge is 2.51. The molecule has 5 heteroatoms. The third-order valence-corrected chi connectivity index (χ3v) is 6.39. The normalized spacial score (nSPS) is 26.5. The minimum atomic E-state index is -0.100. The highest BCUT2D eigenvalue weighted by Crippen LogP contribution is 2.53. The fourth-order valence-electron chi connectivity index (χ4n) is 5.23. The molecule has 3 atom stereocenters. The Kier molecular flexibility index (Phi) is 3.14. The molecular formula is C21H20N4O. The Bertz CT molecular complexity index is 1030. The second-order valence-corrected chi connectivity index (χ2v) is 7.76. The van der Waals surface area contributed by atoms with Crippen LogP contribution in [-0.2, 0) is 18.3 Å². The molecule has 2 aliphatic rings. The van der Waals surface area contributed by atoms with Crippen molar-refractivity contribution in [1.29, 1.82) is 5.26 Å². The van der Waals surface area contributed by atoms with Gasteiger partial charge >= 0.3 is 0 Å². The molecule has 0 saturated heterocycles. The number of fused-ring (bicyclic) bond motifs is 4. The van der Waals surface area contributed by atoms with Crippen molar-refractivity contribution in [3.05, 3.63) is 65.1 Å². The summed E-state index contributed by atoms with van der Waals surface area (Å²) < 4.78 is 7.59. The van der Waals surface area contributed by atoms with Gasteiger partial charge in [0.15, 0.2) is 0 Å². The first-order valence-electron chi connectivity index (χ1n) is 9.14. The smallest absolute Gasteiger partial charge is 0.217 e. The van der Waals surface area contributed by atoms with Crippen LogP contribution < -0.4 is 0 Å². The Labute approximate surface area is 152 Å². The first-order valence-corrected chi connectivity index (χ1v) is 9.14. The van der Waals surface area contributed by atoms with Gasteiger partial charge in [-0.25, -0.2) is 4.98 Å². The molecule has 0 aliphatic heterocycles. The van der Waals surface area contributed by atoms with Gasteiger partial charge in [-0.05, 0) is 37.3 Å². The lowest BCUT2D eigenvalue weighted by molar-refractivity contribution is 0.171. The first-order chi connectivity index (χ1) is 12.6. The van der Waals surface area contributed by atoms with Crippen LogP contribution in [0.1, 0.15) is 54.7 Å². The van der Waals surface area contributed by atoms with Gasteiger partial charge in [0, 0.05) is 28.3 Å². The van der Waals surface area contributed by atoms with Gasteiger partial charge in [0.1, 0.15) is 11.8 Å². The Morgan fingerprint density at radius 2 is 2.12 bits per heavy atom. The average Bonchev–Trinajstić information content (AvgIpc) is 3.26. The van der Waals surface area contributed by atoms with Crippen molar-refractivity contribution in [3.63, 3.8) is 0 Å². The van der Waals surface area contributed by atoms with Crippen LogP contribution in [0.25, 0.3) is 5.69 Å². The van der Waals surface area contributed by atoms with E-state index in [9.17, 15) is 5.26 Å². The van der Waals surface area contributed by atoms with Crippen LogP contribution in [0.15, 0.2) is 41.1 Å². The first kappa shape index (κ1) is 15.4. The number of nitriles is 1. The largest absolute Gasteiger partial charge is 0.361 e. The summed E-state index contributed by atoms with van der Waals surface area (Å²) in [6, 6.07) is 12.4. The number of hydrogen-bond acceptors (Lipinski definition) is 4. The number of benzene rings is 1. The molecule has 0 bridgehead atoms. The van der Waals surface area contributed by atoms with E-state index in [0.29, 0.717) is 17.7 Å². The van der Waals surface area contributed by atoms with E-state index in [2.05, 4.69) is 25.1 Å². The summed E-state index contributed by atoms with van der Waals surface area (Å²) in [5.74, 6) is 2.26. The molecule has 0 amide bonds. The molecular weight excluding hydrogens is 324 g/mol. The number of imidazole rings is 1. The van der Waals surface area contributed by atoms with Gasteiger partial charge < -0.3 is 4.52 Å². The molecule has 0 fully saturated rings. The predicted octanol–water partition coefficient (Wildman–Crippen LogP) is 3.91. The molecule has 0 unspecified atom stereocenters. The van der Waals surface area contributed by atoms with Crippen LogP contribution in [0.5, 0.6) is 0 Å². The standard InChI is InChI=1S/C21H20N4O/c1-13-16-8-9-17-20(21(16,2)10-14-12-23-26-19(13)14)24-18(11-22)25(17)15-6-4-3-5-7-15/h3-7,12-13,16H,8-10H2,1-2H3/t13-,16-,21-/m0/s1. The molecule has 0 radical (unpaired) electrons. The summed E-state index contributed by atoms with van der Waals surface area (Å²) >= 11 is 0. The summed E-state index contributed by atoms with van der Waals surface area (Å²) in [5, 5.41) is 13.8. The van der Waals surface area contributed by atoms with E-state index in [0.717, 1.165) is 36.4 Å². The van der Waals surface area contributed by atoms with Crippen LogP contribution in [0.2, 0.25) is 0 Å². The van der Waals surface area contributed by atoms with Gasteiger partial charge in [-0.2, -0.15) is 5.26 Å². The topological polar surface area (TPSA) is 67.6 Å². The van der Waals surface area contributed by atoms with E-state index in [-0.39, 0.29) is 5.41 Å². The highest BCUT2D eigenvalue weighted by atomic mass is 16.5. The molecule has 0 saturated carbocycles. The fraction of sp³-hybridized carbons (Fsp3) is 0.381. The fourth-order valence-corrected chi connectivity index (χ4v) is 5.23. The van der Waals surface area contributed by atoms with Crippen molar-refractivity contribution >= 4 is 0 Å². The molecule has 26 heavy (non-hydrogen) atoms. The Balaban J connectivity index is 1.72. The van der Waals surface area contributed by atoms with Crippen molar-refractivity contribution in [2.24, 2.45) is 5.92 Å². The van der Waals surface area contributed by atoms with Crippen LogP contribution in [0.4, 0.5) is 0 Å². The van der Waals surface area contributed by atoms with Gasteiger partial charge in [0.2, 0.25) is 5.82 Å². The SMILES string of the molecule is C[C@@H]1c2oncc2C[C@]2(C)c3nc(C#N)n(-c4ccccc4)c3CC[C@@H]12. The van der Waals surface area contributed by atoms with Crippen molar-refractivity contribution < 1.29 is 4.52 Å². The summed E-state index contributed by atoms with van der Waals surface area (Å²) in [6.07, 6.45) is 4.70. The van der Waals surface area contributed by atoms with Gasteiger partial charge in [0.25, 0.3) is 0 Å². The maximum Gasteiger partial charge on any atom is 0.217 e. The zero-order valence-electron chi connectivity index (χ0n) is 14.9. The molecule has 130 valence electrons. The molecule has 2 aliphatic carbocycles. The van der Waals surface area contributed by atoms with Crippen LogP contribution in [0, 0.1) is 17.2 Å². The molecule has 5 nitrogen and oxygen atoms in total. The molecule has 3 aromatic rings. The quantitative estimate of drug-likeness (QED) is 0.671. The second-order valence-electron chi connectivity index (χ2n) is 7.76. The number of aromatic nitrogens is 3. The Morgan fingerprint density at radius 1 is 1.31 bits per heavy atom. The molecule has 0 spiro atoms. The highest BCUT2D eigenvalue weighted by molar-refractivity contribution is 5.46. The van der Waals surface area contributed by atoms with Crippen molar-refractivity contribution in [1.82, 2.24) is 14.7 Å². The average molecular weight is 344 g/mol. The molecule has 0 N–H and O–H groups in total. The van der Waals surface area contributed by atoms with Gasteiger partial charge in [-0.1, -0.05) is 37.2 Å². The third kappa shape index (κ3) is 1.90. The van der Waals surface area contributed by atoms with E-state index in [1.54, 1.807) is 0 Å². The van der Waals surface area contributed by atoms with Crippen LogP contribution in [0.3, 0.4) is 0 Å². The number of para-hydroxylation sites is 1. The Morgan fingerprint density at radius 3 is 2.88 bits per heavy atom. The summed E-state index contributed by atoms with van der Waals surface area (Å²) in [5.41, 5.74) is 4.34. The van der Waals surface area contributed by atoms with E-state index in [4.69, 9.17) is 9.51 Å². The molecule has 1 aromatic carbocycles. The van der Waals surface area contributed by atoms with Crippen LogP contribution in [-0.4, -0.2) is 14.7 Å². The monoisotopic (exact) mass is 344 g/mol. The van der Waals surface area contributed by atoms with E-state index < -0.39 is 0 Å². The zero-order chi connectivity index (χ0) is 17.9. The molecule has 2 aromatic heterocycles. The lowest BCUT2D eigenvalue weighted by Crippen LogP contribution is -2.44. The van der Waals surface area contributed by atoms with E-state index in [1.807, 2.05) is 41.1 Å². The van der Waals surface area contributed by atoms with Crippen molar-refractivity contribution in [2.75, 3.05) is 0 Å². The maximum atomic E-state index is 9.73. The predicted molar refractivity (Wildman–Crippen MR) is 96.1 cm³/mol. The summed E-state index contributed by atoms with van der Waals surface area (Å²) in [6.45, 7) is 4.53. The Hall–Kier alpha value is -2.87. The number of hydrogen-bond donors (Lipinski definition) is 0. The molecule has 2 heterocycles. The summed E-state index contributed by atoms with van der Waals surface area (Å²) in [7, 11) is 0. The molecule has 5 rings (SSSR count). The van der Waals surface area contributed by atoms with E-state index >= 15 is 0 Å². The minimum Gasteiger partial charge on any atom is -0.361 e. The summed E-state index contributed by atoms with van der Waals surface area (Å²) in [4.78, 5) is 4.84. The number of rotatable bonds is 1. The lowest BCUT2D eigenvalue weighted by atomic mass is 9.57. The van der Waals surface area contributed by atoms with Crippen molar-refractivity contribution in [3.8, 4) is 11.8 Å². The maximum absolute atomic E-state index is 9.73. The zero-order valence-corrected chi connectivity index (χ0v) is 14.9. The van der Waals surface area contributed by atoms with Crippen LogP contribution >= 0.6 is 0 Å². The minimum absolute atomic E-state index is 0.100. The van der Waals surface area contributed by atoms with Gasteiger partial charge in [-0.3, -0.25) is 4.57 Å². The van der Waals surface area contributed by atoms with Gasteiger partial charge in [-0.15, -0.1) is 0 Å². The second kappa shape index (κ2) is 5.31. The third-order valence-electron chi connectivity index (χ3n) is 6.39. The lowest BCUT2D eigenvalue weighted by Gasteiger charge is -2.46. The van der Waals surface area contributed by atoms with E-state index in [1.165, 1.54) is 11.3 Å². The van der Waals surface area contributed by atoms with Crippen molar-refractivity contribution in [2.45, 2.75) is 44.4 Å². The number of nitrogens with zero attached hydrogens (tertiary/aromatic N) is 4. The van der Waals surface area contributed by atoms with Gasteiger partial charge in [0.05, 0.1) is 11.9 Å².